The van der Waals surface area contributed by atoms with E-state index in [1.165, 1.54) is 55.7 Å². The number of carbonyl (C=O) groups is 4. The highest BCUT2D eigenvalue weighted by atomic mass is 16.7. The summed E-state index contributed by atoms with van der Waals surface area (Å²) in [7, 11) is 1.36. The van der Waals surface area contributed by atoms with Gasteiger partial charge in [-0.15, -0.1) is 0 Å². The summed E-state index contributed by atoms with van der Waals surface area (Å²) in [5.74, 6) is -5.35. The molecule has 3 aliphatic rings. The van der Waals surface area contributed by atoms with E-state index in [4.69, 9.17) is 18.9 Å². The number of phenols is 2. The van der Waals surface area contributed by atoms with Gasteiger partial charge in [-0.25, -0.2) is 19.2 Å². The molecule has 3 heterocycles. The predicted molar refractivity (Wildman–Crippen MR) is 174 cm³/mol. The van der Waals surface area contributed by atoms with Crippen LogP contribution in [0.4, 0.5) is 5.69 Å². The van der Waals surface area contributed by atoms with Crippen LogP contribution in [0, 0.1) is 0 Å². The highest BCUT2D eigenvalue weighted by Gasteiger charge is 2.46. The van der Waals surface area contributed by atoms with Gasteiger partial charge in [0.2, 0.25) is 6.29 Å². The summed E-state index contributed by atoms with van der Waals surface area (Å²) in [6.07, 6.45) is -3.38. The Morgan fingerprint density at radius 3 is 2.37 bits per heavy atom. The van der Waals surface area contributed by atoms with Gasteiger partial charge >= 0.3 is 23.9 Å². The van der Waals surface area contributed by atoms with Gasteiger partial charge in [-0.1, -0.05) is 6.07 Å². The summed E-state index contributed by atoms with van der Waals surface area (Å²) in [5.41, 5.74) is 1.30. The number of carboxylic acid groups (broad SMARTS) is 3. The summed E-state index contributed by atoms with van der Waals surface area (Å²) in [6.45, 7) is -0.624. The van der Waals surface area contributed by atoms with Crippen molar-refractivity contribution in [1.82, 2.24) is 5.32 Å². The van der Waals surface area contributed by atoms with Gasteiger partial charge in [0.25, 0.3) is 0 Å². The molecule has 0 spiro atoms. The minimum atomic E-state index is -1.85. The van der Waals surface area contributed by atoms with E-state index in [0.29, 0.717) is 27.3 Å². The molecule has 0 aliphatic carbocycles. The molecule has 1 saturated heterocycles. The summed E-state index contributed by atoms with van der Waals surface area (Å²) >= 11 is 0. The van der Waals surface area contributed by atoms with Gasteiger partial charge in [0, 0.05) is 30.5 Å². The largest absolute Gasteiger partial charge is 0.504 e. The fraction of sp³-hybridized carbons (Fsp3) is 0.353. The zero-order chi connectivity index (χ0) is 37.9. The Morgan fingerprint density at radius 2 is 1.69 bits per heavy atom. The SMILES string of the molecule is COc1cc(/C=C/C(=O)OC[C@@H]2O[C@H](Oc3cc4c(cc3O)C[C@@H](C(=O)O)[NH+]4C/C=C3\C=C(C(=O)O)N[C@H](C(=O)O)C3)[C@H](O)[C@@H](O)[C@@H]2O)ccc1O. The van der Waals surface area contributed by atoms with Crippen LogP contribution in [0.5, 0.6) is 23.0 Å². The van der Waals surface area contributed by atoms with Gasteiger partial charge in [-0.3, -0.25) is 4.90 Å². The number of rotatable bonds is 12. The molecule has 18 nitrogen and oxygen atoms in total. The molecule has 5 rings (SSSR count). The van der Waals surface area contributed by atoms with Gasteiger partial charge in [-0.05, 0) is 47.6 Å². The lowest BCUT2D eigenvalue weighted by atomic mass is 9.99. The average Bonchev–Trinajstić information content (AvgIpc) is 3.47. The second kappa shape index (κ2) is 15.7. The van der Waals surface area contributed by atoms with Crippen molar-refractivity contribution in [2.24, 2.45) is 0 Å². The van der Waals surface area contributed by atoms with Crippen LogP contribution >= 0.6 is 0 Å². The Kier molecular flexibility index (Phi) is 11.4. The topological polar surface area (TPSA) is 284 Å². The first-order valence-electron chi connectivity index (χ1n) is 15.8. The van der Waals surface area contributed by atoms with Gasteiger partial charge in [-0.2, -0.15) is 0 Å². The third-order valence-electron chi connectivity index (χ3n) is 8.80. The summed E-state index contributed by atoms with van der Waals surface area (Å²) in [5, 5.41) is 83.5. The highest BCUT2D eigenvalue weighted by molar-refractivity contribution is 5.89. The van der Waals surface area contributed by atoms with Crippen molar-refractivity contribution in [3.63, 3.8) is 0 Å². The number of aliphatic carboxylic acids is 3. The van der Waals surface area contributed by atoms with Crippen molar-refractivity contribution in [1.29, 1.82) is 0 Å². The van der Waals surface area contributed by atoms with E-state index in [0.717, 1.165) is 6.08 Å². The van der Waals surface area contributed by atoms with Crippen molar-refractivity contribution in [2.75, 3.05) is 20.3 Å². The molecular weight excluding hydrogens is 692 g/mol. The summed E-state index contributed by atoms with van der Waals surface area (Å²) in [4.78, 5) is 48.1. The molecule has 0 aromatic heterocycles. The molecular formula is C34H37N2O16+. The Morgan fingerprint density at radius 1 is 0.942 bits per heavy atom. The van der Waals surface area contributed by atoms with Crippen LogP contribution in [0.15, 0.2) is 59.8 Å². The molecule has 278 valence electrons. The van der Waals surface area contributed by atoms with E-state index in [9.17, 15) is 60.0 Å². The third-order valence-corrected chi connectivity index (χ3v) is 8.80. The number of ether oxygens (including phenoxy) is 4. The fourth-order valence-corrected chi connectivity index (χ4v) is 6.06. The van der Waals surface area contributed by atoms with Crippen LogP contribution in [0.25, 0.3) is 6.08 Å². The lowest BCUT2D eigenvalue weighted by molar-refractivity contribution is -0.838. The lowest BCUT2D eigenvalue weighted by Crippen LogP contribution is -3.11. The van der Waals surface area contributed by atoms with Crippen molar-refractivity contribution in [2.45, 2.75) is 55.6 Å². The van der Waals surface area contributed by atoms with E-state index in [1.54, 1.807) is 0 Å². The predicted octanol–water partition coefficient (Wildman–Crippen LogP) is -1.58. The number of aromatic hydroxyl groups is 2. The zero-order valence-corrected chi connectivity index (χ0v) is 27.4. The number of benzene rings is 2. The minimum Gasteiger partial charge on any atom is -0.504 e. The van der Waals surface area contributed by atoms with E-state index in [-0.39, 0.29) is 42.3 Å². The van der Waals surface area contributed by atoms with Gasteiger partial charge < -0.3 is 65.1 Å². The molecule has 0 amide bonds. The lowest BCUT2D eigenvalue weighted by Gasteiger charge is -2.39. The van der Waals surface area contributed by atoms with E-state index >= 15 is 0 Å². The molecule has 1 fully saturated rings. The first-order chi connectivity index (χ1) is 24.7. The van der Waals surface area contributed by atoms with Crippen LogP contribution in [-0.2, 0) is 35.1 Å². The number of allylic oxidation sites excluding steroid dienone is 1. The Bertz CT molecular complexity index is 1820. The number of carboxylic acids is 3. The monoisotopic (exact) mass is 729 g/mol. The number of esters is 1. The van der Waals surface area contributed by atoms with Crippen molar-refractivity contribution in [3.05, 3.63) is 71.0 Å². The van der Waals surface area contributed by atoms with Gasteiger partial charge in [0.15, 0.2) is 29.0 Å². The van der Waals surface area contributed by atoms with Crippen LogP contribution < -0.4 is 19.7 Å². The van der Waals surface area contributed by atoms with Crippen molar-refractivity contribution >= 4 is 35.6 Å². The highest BCUT2D eigenvalue weighted by Crippen LogP contribution is 2.36. The number of methoxy groups -OCH3 is 1. The molecule has 0 saturated carbocycles. The number of quaternary nitrogens is 1. The number of aliphatic hydroxyl groups is 3. The molecule has 2 aromatic carbocycles. The molecule has 3 aliphatic heterocycles. The van der Waals surface area contributed by atoms with Crippen LogP contribution in [0.3, 0.4) is 0 Å². The Labute approximate surface area is 294 Å². The average molecular weight is 730 g/mol. The molecule has 0 radical (unpaired) electrons. The molecule has 18 heteroatoms. The van der Waals surface area contributed by atoms with Crippen molar-refractivity contribution < 1.29 is 83.9 Å². The van der Waals surface area contributed by atoms with Crippen LogP contribution in [0.1, 0.15) is 17.5 Å². The fourth-order valence-electron chi connectivity index (χ4n) is 6.06. The second-order valence-corrected chi connectivity index (χ2v) is 12.2. The molecule has 8 atom stereocenters. The number of nitrogens with one attached hydrogen (secondary N) is 2. The maximum Gasteiger partial charge on any atom is 0.363 e. The van der Waals surface area contributed by atoms with Gasteiger partial charge in [0.05, 0.1) is 7.11 Å². The maximum absolute atomic E-state index is 12.4. The van der Waals surface area contributed by atoms with E-state index in [1.807, 2.05) is 0 Å². The molecule has 0 bridgehead atoms. The Hall–Kier alpha value is -5.66. The first kappa shape index (κ1) is 37.6. The number of hydrogen-bond donors (Lipinski definition) is 10. The van der Waals surface area contributed by atoms with Crippen molar-refractivity contribution in [3.8, 4) is 23.0 Å². The summed E-state index contributed by atoms with van der Waals surface area (Å²) in [6, 6.07) is 4.66. The number of phenolic OH excluding ortho intramolecular Hbond substituents is 2. The summed E-state index contributed by atoms with van der Waals surface area (Å²) < 4.78 is 21.5. The quantitative estimate of drug-likeness (QED) is 0.0670. The van der Waals surface area contributed by atoms with Crippen LogP contribution in [-0.4, -0.2) is 128 Å². The normalized spacial score (nSPS) is 27.7. The minimum absolute atomic E-state index is 0.0117. The number of fused-ring (bicyclic) bond motifs is 1. The van der Waals surface area contributed by atoms with E-state index < -0.39 is 79.0 Å². The molecule has 52 heavy (non-hydrogen) atoms. The smallest absolute Gasteiger partial charge is 0.363 e. The van der Waals surface area contributed by atoms with Gasteiger partial charge in [0.1, 0.15) is 55.0 Å². The zero-order valence-electron chi connectivity index (χ0n) is 27.4. The first-order valence-corrected chi connectivity index (χ1v) is 15.8. The third kappa shape index (κ3) is 8.27. The number of carbonyl (C=O) groups excluding carboxylic acids is 1. The maximum atomic E-state index is 12.4. The number of hydrogen-bond acceptors (Lipinski definition) is 14. The second-order valence-electron chi connectivity index (χ2n) is 12.2. The van der Waals surface area contributed by atoms with E-state index in [2.05, 4.69) is 5.32 Å². The standard InChI is InChI=1S/C34H36N2O16/c1-49-24-10-15(2-4-22(24)37)3-5-27(39)50-14-26-28(40)29(41)30(42)34(52-26)51-25-13-20-17(12-23(25)38)11-21(33(47)48)36(20)7-6-16-8-18(31(43)44)35-19(9-16)32(45)46/h2-6,8,10,12-13,19,21,26,28-30,34-35,37-38,40-42H,7,9,11,14H2,1H3,(H,43,44)(H,45,46)(H,47,48)/p+1/b5-3+,16-6+/t19-,21-,26-,28+,29-,30+,34-/m0/s1. The number of aliphatic hydroxyl groups excluding tert-OH is 3. The Balaban J connectivity index is 1.31. The molecule has 2 aromatic rings. The molecule has 10 N–H and O–H groups in total. The van der Waals surface area contributed by atoms with Crippen LogP contribution in [0.2, 0.25) is 0 Å². The molecule has 1 unspecified atom stereocenters.